The van der Waals surface area contributed by atoms with Crippen LogP contribution in [0.3, 0.4) is 0 Å². The van der Waals surface area contributed by atoms with Crippen LogP contribution in [0.4, 0.5) is 0 Å². The quantitative estimate of drug-likeness (QED) is 0.857. The molecule has 1 heterocycles. The van der Waals surface area contributed by atoms with Gasteiger partial charge in [0.05, 0.1) is 0 Å². The lowest BCUT2D eigenvalue weighted by atomic mass is 10.0. The minimum atomic E-state index is -1.02. The van der Waals surface area contributed by atoms with Crippen LogP contribution >= 0.6 is 11.6 Å². The van der Waals surface area contributed by atoms with Gasteiger partial charge in [-0.1, -0.05) is 11.6 Å². The maximum Gasteiger partial charge on any atom is 0.242 e. The molecule has 0 aliphatic heterocycles. The number of halogens is 1. The minimum Gasteiger partial charge on any atom is -0.368 e. The number of aryl methyl sites for hydroxylation is 1. The summed E-state index contributed by atoms with van der Waals surface area (Å²) < 4.78 is 2.08. The molecule has 0 radical (unpaired) electrons. The molecule has 6 heteroatoms. The number of rotatable bonds is 6. The highest BCUT2D eigenvalue weighted by Gasteiger charge is 2.26. The molecule has 0 saturated carbocycles. The van der Waals surface area contributed by atoms with Crippen molar-refractivity contribution in [3.63, 3.8) is 0 Å². The highest BCUT2D eigenvalue weighted by molar-refractivity contribution is 6.31. The van der Waals surface area contributed by atoms with Crippen LogP contribution < -0.4 is 11.1 Å². The number of benzene rings is 1. The molecule has 1 aromatic heterocycles. The molecule has 0 atom stereocenters. The SMILES string of the molecule is CC(C)(NC(=O)CCCn1ccc2cc(Cl)ccc21)C(N)=O. The summed E-state index contributed by atoms with van der Waals surface area (Å²) in [6.07, 6.45) is 2.99. The van der Waals surface area contributed by atoms with Gasteiger partial charge in [0.1, 0.15) is 5.54 Å². The second-order valence-corrected chi connectivity index (χ2v) is 6.29. The molecule has 0 spiro atoms. The van der Waals surface area contributed by atoms with Crippen molar-refractivity contribution < 1.29 is 9.59 Å². The lowest BCUT2D eigenvalue weighted by molar-refractivity contribution is -0.130. The summed E-state index contributed by atoms with van der Waals surface area (Å²) in [6, 6.07) is 7.73. The van der Waals surface area contributed by atoms with Gasteiger partial charge in [0, 0.05) is 35.1 Å². The topological polar surface area (TPSA) is 77.1 Å². The summed E-state index contributed by atoms with van der Waals surface area (Å²) >= 11 is 5.96. The van der Waals surface area contributed by atoms with Gasteiger partial charge in [0.15, 0.2) is 0 Å². The van der Waals surface area contributed by atoms with Crippen molar-refractivity contribution in [2.24, 2.45) is 5.73 Å². The van der Waals surface area contributed by atoms with E-state index in [-0.39, 0.29) is 5.91 Å². The van der Waals surface area contributed by atoms with Gasteiger partial charge in [0.2, 0.25) is 11.8 Å². The third-order valence-corrected chi connectivity index (χ3v) is 3.84. The number of carbonyl (C=O) groups excluding carboxylic acids is 2. The number of carbonyl (C=O) groups is 2. The first-order valence-electron chi connectivity index (χ1n) is 7.15. The summed E-state index contributed by atoms with van der Waals surface area (Å²) in [5, 5.41) is 4.42. The fourth-order valence-corrected chi connectivity index (χ4v) is 2.43. The molecule has 22 heavy (non-hydrogen) atoms. The molecule has 0 unspecified atom stereocenters. The second-order valence-electron chi connectivity index (χ2n) is 5.85. The van der Waals surface area contributed by atoms with E-state index in [1.54, 1.807) is 13.8 Å². The van der Waals surface area contributed by atoms with E-state index in [0.29, 0.717) is 17.9 Å². The minimum absolute atomic E-state index is 0.177. The molecule has 3 N–H and O–H groups in total. The molecular weight excluding hydrogens is 302 g/mol. The lowest BCUT2D eigenvalue weighted by Crippen LogP contribution is -2.52. The maximum absolute atomic E-state index is 11.9. The highest BCUT2D eigenvalue weighted by Crippen LogP contribution is 2.20. The maximum atomic E-state index is 11.9. The molecule has 2 aromatic rings. The Bertz CT molecular complexity index is 706. The van der Waals surface area contributed by atoms with Crippen molar-refractivity contribution in [3.8, 4) is 0 Å². The van der Waals surface area contributed by atoms with E-state index >= 15 is 0 Å². The fourth-order valence-electron chi connectivity index (χ4n) is 2.25. The Morgan fingerprint density at radius 2 is 2.05 bits per heavy atom. The standard InChI is InChI=1S/C16H20ClN3O2/c1-16(2,15(18)22)19-14(21)4-3-8-20-9-7-11-10-12(17)5-6-13(11)20/h5-7,9-10H,3-4,8H2,1-2H3,(H2,18,22)(H,19,21). The Labute approximate surface area is 134 Å². The third-order valence-electron chi connectivity index (χ3n) is 3.60. The van der Waals surface area contributed by atoms with Crippen LogP contribution in [0.25, 0.3) is 10.9 Å². The number of primary amides is 1. The lowest BCUT2D eigenvalue weighted by Gasteiger charge is -2.22. The number of nitrogens with two attached hydrogens (primary N) is 1. The first kappa shape index (κ1) is 16.4. The van der Waals surface area contributed by atoms with Crippen molar-refractivity contribution in [3.05, 3.63) is 35.5 Å². The molecule has 0 aliphatic carbocycles. The Morgan fingerprint density at radius 3 is 2.73 bits per heavy atom. The van der Waals surface area contributed by atoms with E-state index in [1.807, 2.05) is 30.5 Å². The van der Waals surface area contributed by atoms with Crippen molar-refractivity contribution >= 4 is 34.3 Å². The largest absolute Gasteiger partial charge is 0.368 e. The van der Waals surface area contributed by atoms with Gasteiger partial charge in [-0.05, 0) is 44.5 Å². The van der Waals surface area contributed by atoms with Crippen LogP contribution in [0, 0.1) is 0 Å². The Balaban J connectivity index is 1.90. The molecule has 118 valence electrons. The van der Waals surface area contributed by atoms with Gasteiger partial charge >= 0.3 is 0 Å². The Kier molecular flexibility index (Phi) is 4.76. The average Bonchev–Trinajstić information content (AvgIpc) is 2.80. The number of amides is 2. The molecule has 1 aromatic carbocycles. The predicted octanol–water partition coefficient (Wildman–Crippen LogP) is 2.46. The summed E-state index contributed by atoms with van der Waals surface area (Å²) in [5.74, 6) is -0.725. The van der Waals surface area contributed by atoms with Crippen LogP contribution in [0.15, 0.2) is 30.5 Å². The van der Waals surface area contributed by atoms with Gasteiger partial charge in [-0.15, -0.1) is 0 Å². The smallest absolute Gasteiger partial charge is 0.242 e. The van der Waals surface area contributed by atoms with Crippen LogP contribution in [-0.2, 0) is 16.1 Å². The van der Waals surface area contributed by atoms with Gasteiger partial charge in [-0.3, -0.25) is 9.59 Å². The molecule has 0 bridgehead atoms. The fraction of sp³-hybridized carbons (Fsp3) is 0.375. The van der Waals surface area contributed by atoms with E-state index in [2.05, 4.69) is 9.88 Å². The monoisotopic (exact) mass is 321 g/mol. The number of fused-ring (bicyclic) bond motifs is 1. The molecule has 0 saturated heterocycles. The normalized spacial score (nSPS) is 11.6. The Morgan fingerprint density at radius 1 is 1.32 bits per heavy atom. The highest BCUT2D eigenvalue weighted by atomic mass is 35.5. The first-order valence-corrected chi connectivity index (χ1v) is 7.53. The zero-order valence-corrected chi connectivity index (χ0v) is 13.5. The van der Waals surface area contributed by atoms with Gasteiger partial charge in [0.25, 0.3) is 0 Å². The van der Waals surface area contributed by atoms with E-state index in [9.17, 15) is 9.59 Å². The Hall–Kier alpha value is -2.01. The zero-order valence-electron chi connectivity index (χ0n) is 12.7. The molecule has 2 amide bonds. The van der Waals surface area contributed by atoms with Gasteiger partial charge in [-0.25, -0.2) is 0 Å². The van der Waals surface area contributed by atoms with Gasteiger partial charge in [-0.2, -0.15) is 0 Å². The summed E-state index contributed by atoms with van der Waals surface area (Å²) in [6.45, 7) is 3.91. The van der Waals surface area contributed by atoms with Crippen molar-refractivity contribution in [1.29, 1.82) is 0 Å². The summed E-state index contributed by atoms with van der Waals surface area (Å²) in [7, 11) is 0. The average molecular weight is 322 g/mol. The number of hydrogen-bond acceptors (Lipinski definition) is 2. The number of nitrogens with zero attached hydrogens (tertiary/aromatic N) is 1. The van der Waals surface area contributed by atoms with Crippen molar-refractivity contribution in [2.45, 2.75) is 38.8 Å². The zero-order chi connectivity index (χ0) is 16.3. The van der Waals surface area contributed by atoms with E-state index in [1.165, 1.54) is 0 Å². The molecule has 0 fully saturated rings. The number of nitrogens with one attached hydrogen (secondary N) is 1. The molecule has 0 aliphatic rings. The summed E-state index contributed by atoms with van der Waals surface area (Å²) in [5.41, 5.74) is 5.30. The number of aromatic nitrogens is 1. The van der Waals surface area contributed by atoms with Crippen LogP contribution in [0.2, 0.25) is 5.02 Å². The van der Waals surface area contributed by atoms with Crippen molar-refractivity contribution in [1.82, 2.24) is 9.88 Å². The van der Waals surface area contributed by atoms with Gasteiger partial charge < -0.3 is 15.6 Å². The van der Waals surface area contributed by atoms with E-state index in [0.717, 1.165) is 17.4 Å². The van der Waals surface area contributed by atoms with Crippen LogP contribution in [0.1, 0.15) is 26.7 Å². The predicted molar refractivity (Wildman–Crippen MR) is 87.6 cm³/mol. The number of hydrogen-bond donors (Lipinski definition) is 2. The molecule has 5 nitrogen and oxygen atoms in total. The van der Waals surface area contributed by atoms with Crippen LogP contribution in [0.5, 0.6) is 0 Å². The van der Waals surface area contributed by atoms with E-state index in [4.69, 9.17) is 17.3 Å². The van der Waals surface area contributed by atoms with Crippen LogP contribution in [-0.4, -0.2) is 21.9 Å². The first-order chi connectivity index (χ1) is 10.3. The van der Waals surface area contributed by atoms with E-state index < -0.39 is 11.4 Å². The van der Waals surface area contributed by atoms with Crippen molar-refractivity contribution in [2.75, 3.05) is 0 Å². The molecular formula is C16H20ClN3O2. The third kappa shape index (κ3) is 3.80. The molecule has 2 rings (SSSR count). The summed E-state index contributed by atoms with van der Waals surface area (Å²) in [4.78, 5) is 23.0. The second kappa shape index (κ2) is 6.40.